The fourth-order valence-electron chi connectivity index (χ4n) is 1.62. The molecule has 106 valence electrons. The molecule has 0 aliphatic heterocycles. The predicted molar refractivity (Wildman–Crippen MR) is 71.2 cm³/mol. The van der Waals surface area contributed by atoms with E-state index in [1.165, 1.54) is 18.2 Å². The van der Waals surface area contributed by atoms with E-state index in [9.17, 15) is 17.4 Å². The Bertz CT molecular complexity index is 673. The highest BCUT2D eigenvalue weighted by Crippen LogP contribution is 2.32. The SMILES string of the molecule is O=S(O)Nc1ccc(-c2cc(F)c(F)c(F)c2)c(Cl)c1. The van der Waals surface area contributed by atoms with Crippen LogP contribution in [0.5, 0.6) is 0 Å². The zero-order chi connectivity index (χ0) is 14.9. The summed E-state index contributed by atoms with van der Waals surface area (Å²) in [5, 5.41) is 0.0888. The highest BCUT2D eigenvalue weighted by atomic mass is 35.5. The molecule has 2 N–H and O–H groups in total. The second kappa shape index (κ2) is 5.82. The van der Waals surface area contributed by atoms with Gasteiger partial charge in [0.2, 0.25) is 0 Å². The summed E-state index contributed by atoms with van der Waals surface area (Å²) >= 11 is 3.67. The zero-order valence-electron chi connectivity index (χ0n) is 9.66. The molecule has 2 aromatic carbocycles. The Morgan fingerprint density at radius 3 is 2.20 bits per heavy atom. The number of anilines is 1. The lowest BCUT2D eigenvalue weighted by atomic mass is 10.0. The summed E-state index contributed by atoms with van der Waals surface area (Å²) < 4.78 is 60.6. The van der Waals surface area contributed by atoms with Crippen molar-refractivity contribution in [2.75, 3.05) is 4.72 Å². The molecule has 2 rings (SSSR count). The first kappa shape index (κ1) is 14.8. The molecule has 8 heteroatoms. The van der Waals surface area contributed by atoms with Crippen LogP contribution >= 0.6 is 11.6 Å². The van der Waals surface area contributed by atoms with E-state index >= 15 is 0 Å². The number of hydrogen-bond donors (Lipinski definition) is 2. The number of rotatable bonds is 3. The van der Waals surface area contributed by atoms with Gasteiger partial charge in [-0.3, -0.25) is 9.27 Å². The topological polar surface area (TPSA) is 49.3 Å². The lowest BCUT2D eigenvalue weighted by molar-refractivity contribution is 0.448. The van der Waals surface area contributed by atoms with Crippen LogP contribution in [0.4, 0.5) is 18.9 Å². The van der Waals surface area contributed by atoms with E-state index in [0.717, 1.165) is 12.1 Å². The number of benzene rings is 2. The molecular weight excluding hydrogens is 315 g/mol. The largest absolute Gasteiger partial charge is 0.289 e. The van der Waals surface area contributed by atoms with Crippen molar-refractivity contribution >= 4 is 28.6 Å². The van der Waals surface area contributed by atoms with Gasteiger partial charge >= 0.3 is 0 Å². The average molecular weight is 322 g/mol. The van der Waals surface area contributed by atoms with Gasteiger partial charge in [-0.2, -0.15) is 0 Å². The van der Waals surface area contributed by atoms with E-state index < -0.39 is 28.7 Å². The molecule has 3 nitrogen and oxygen atoms in total. The van der Waals surface area contributed by atoms with Crippen LogP contribution in [0.3, 0.4) is 0 Å². The first-order valence-corrected chi connectivity index (χ1v) is 6.69. The minimum Gasteiger partial charge on any atom is -0.289 e. The van der Waals surface area contributed by atoms with Crippen molar-refractivity contribution in [2.24, 2.45) is 0 Å². The van der Waals surface area contributed by atoms with Crippen molar-refractivity contribution in [1.29, 1.82) is 0 Å². The van der Waals surface area contributed by atoms with Gasteiger partial charge in [0, 0.05) is 11.3 Å². The Balaban J connectivity index is 2.46. The molecule has 0 saturated heterocycles. The van der Waals surface area contributed by atoms with E-state index in [4.69, 9.17) is 16.2 Å². The molecule has 20 heavy (non-hydrogen) atoms. The molecule has 0 heterocycles. The average Bonchev–Trinajstić information content (AvgIpc) is 2.34. The van der Waals surface area contributed by atoms with Crippen LogP contribution in [-0.2, 0) is 11.3 Å². The van der Waals surface area contributed by atoms with Crippen molar-refractivity contribution in [1.82, 2.24) is 0 Å². The Labute approximate surface area is 119 Å². The maximum atomic E-state index is 13.2. The predicted octanol–water partition coefficient (Wildman–Crippen LogP) is 3.97. The van der Waals surface area contributed by atoms with E-state index in [0.29, 0.717) is 0 Å². The maximum absolute atomic E-state index is 13.2. The third-order valence-electron chi connectivity index (χ3n) is 2.47. The van der Waals surface area contributed by atoms with Gasteiger partial charge in [-0.05, 0) is 29.8 Å². The summed E-state index contributed by atoms with van der Waals surface area (Å²) in [7, 11) is 0. The third kappa shape index (κ3) is 3.12. The monoisotopic (exact) mass is 321 g/mol. The molecule has 0 bridgehead atoms. The van der Waals surface area contributed by atoms with Gasteiger partial charge in [-0.1, -0.05) is 17.7 Å². The molecule has 0 fully saturated rings. The van der Waals surface area contributed by atoms with Crippen LogP contribution in [0.1, 0.15) is 0 Å². The van der Waals surface area contributed by atoms with Gasteiger partial charge in [0.1, 0.15) is 0 Å². The Morgan fingerprint density at radius 2 is 1.70 bits per heavy atom. The van der Waals surface area contributed by atoms with Crippen molar-refractivity contribution in [2.45, 2.75) is 0 Å². The molecule has 1 atom stereocenters. The second-order valence-corrected chi connectivity index (χ2v) is 4.91. The minimum atomic E-state index is -2.26. The van der Waals surface area contributed by atoms with Crippen LogP contribution in [0.25, 0.3) is 11.1 Å². The molecule has 0 amide bonds. The second-order valence-electron chi connectivity index (χ2n) is 3.80. The normalized spacial score (nSPS) is 12.2. The Kier molecular flexibility index (Phi) is 4.32. The number of hydrogen-bond acceptors (Lipinski definition) is 1. The number of nitrogens with one attached hydrogen (secondary N) is 1. The van der Waals surface area contributed by atoms with Crippen molar-refractivity contribution in [3.63, 3.8) is 0 Å². The quantitative estimate of drug-likeness (QED) is 0.664. The third-order valence-corrected chi connectivity index (χ3v) is 3.19. The summed E-state index contributed by atoms with van der Waals surface area (Å²) in [6.07, 6.45) is 0. The van der Waals surface area contributed by atoms with Crippen molar-refractivity contribution < 1.29 is 21.9 Å². The van der Waals surface area contributed by atoms with Crippen LogP contribution < -0.4 is 4.72 Å². The fourth-order valence-corrected chi connectivity index (χ4v) is 2.24. The fraction of sp³-hybridized carbons (Fsp3) is 0. The first-order valence-electron chi connectivity index (χ1n) is 5.20. The molecule has 0 spiro atoms. The zero-order valence-corrected chi connectivity index (χ0v) is 11.2. The van der Waals surface area contributed by atoms with Gasteiger partial charge in [-0.25, -0.2) is 17.4 Å². The van der Waals surface area contributed by atoms with Crippen LogP contribution in [0, 0.1) is 17.5 Å². The van der Waals surface area contributed by atoms with E-state index in [1.807, 2.05) is 0 Å². The van der Waals surface area contributed by atoms with Gasteiger partial charge in [0.15, 0.2) is 17.5 Å². The van der Waals surface area contributed by atoms with Gasteiger partial charge < -0.3 is 0 Å². The van der Waals surface area contributed by atoms with Gasteiger partial charge in [-0.15, -0.1) is 0 Å². The molecule has 0 radical (unpaired) electrons. The smallest absolute Gasteiger partial charge is 0.259 e. The van der Waals surface area contributed by atoms with Crippen molar-refractivity contribution in [3.05, 3.63) is 52.8 Å². The summed E-state index contributed by atoms with van der Waals surface area (Å²) in [6, 6.07) is 5.73. The van der Waals surface area contributed by atoms with Crippen LogP contribution in [0.15, 0.2) is 30.3 Å². The van der Waals surface area contributed by atoms with Gasteiger partial charge in [0.05, 0.1) is 5.02 Å². The summed E-state index contributed by atoms with van der Waals surface area (Å²) in [6.45, 7) is 0. The molecule has 0 saturated carbocycles. The van der Waals surface area contributed by atoms with E-state index in [1.54, 1.807) is 0 Å². The Hall–Kier alpha value is -1.57. The van der Waals surface area contributed by atoms with E-state index in [-0.39, 0.29) is 21.8 Å². The molecule has 0 aliphatic carbocycles. The highest BCUT2D eigenvalue weighted by Gasteiger charge is 2.13. The molecule has 0 aliphatic rings. The summed E-state index contributed by atoms with van der Waals surface area (Å²) in [5.74, 6) is -4.21. The maximum Gasteiger partial charge on any atom is 0.259 e. The lowest BCUT2D eigenvalue weighted by Crippen LogP contribution is -2.01. The van der Waals surface area contributed by atoms with Crippen LogP contribution in [0.2, 0.25) is 5.02 Å². The minimum absolute atomic E-state index is 0.0584. The number of halogens is 4. The summed E-state index contributed by atoms with van der Waals surface area (Å²) in [4.78, 5) is 0. The molecule has 1 unspecified atom stereocenters. The molecular formula is C12H7ClF3NO2S. The first-order chi connectivity index (χ1) is 9.38. The summed E-state index contributed by atoms with van der Waals surface area (Å²) in [5.41, 5.74) is 0.574. The Morgan fingerprint density at radius 1 is 1.10 bits per heavy atom. The van der Waals surface area contributed by atoms with Crippen LogP contribution in [-0.4, -0.2) is 8.76 Å². The van der Waals surface area contributed by atoms with Crippen molar-refractivity contribution in [3.8, 4) is 11.1 Å². The lowest BCUT2D eigenvalue weighted by Gasteiger charge is -2.08. The van der Waals surface area contributed by atoms with Gasteiger partial charge in [0.25, 0.3) is 11.3 Å². The standard InChI is InChI=1S/C12H7ClF3NO2S/c13-9-5-7(17-20(18)19)1-2-8(9)6-3-10(14)12(16)11(15)4-6/h1-5,17H,(H,18,19). The van der Waals surface area contributed by atoms with E-state index in [2.05, 4.69) is 4.72 Å². The highest BCUT2D eigenvalue weighted by molar-refractivity contribution is 7.80. The molecule has 0 aromatic heterocycles. The molecule has 2 aromatic rings.